The average Bonchev–Trinajstić information content (AvgIpc) is 2.46. The van der Waals surface area contributed by atoms with E-state index in [-0.39, 0.29) is 0 Å². The number of carbonyl (C=O) groups is 1. The molecule has 1 aliphatic rings. The summed E-state index contributed by atoms with van der Waals surface area (Å²) in [6, 6.07) is 8.26. The van der Waals surface area contributed by atoms with Gasteiger partial charge in [-0.3, -0.25) is 4.79 Å². The first-order valence-corrected chi connectivity index (χ1v) is 7.52. The van der Waals surface area contributed by atoms with Crippen LogP contribution in [0.15, 0.2) is 24.3 Å². The molecule has 3 nitrogen and oxygen atoms in total. The van der Waals surface area contributed by atoms with Gasteiger partial charge in [-0.2, -0.15) is 0 Å². The maximum Gasteiger partial charge on any atom is 0.314 e. The van der Waals surface area contributed by atoms with Gasteiger partial charge in [0.25, 0.3) is 0 Å². The number of likely N-dealkylation sites (N-methyl/N-ethyl adjacent to an activating group) is 1. The minimum Gasteiger partial charge on any atom is -0.481 e. The molecule has 1 aliphatic carbocycles. The maximum atomic E-state index is 11.8. The van der Waals surface area contributed by atoms with Gasteiger partial charge in [-0.1, -0.05) is 43.5 Å². The molecule has 0 heterocycles. The van der Waals surface area contributed by atoms with Crippen molar-refractivity contribution in [3.63, 3.8) is 0 Å². The summed E-state index contributed by atoms with van der Waals surface area (Å²) < 4.78 is 0. The Morgan fingerprint density at radius 1 is 1.15 bits per heavy atom. The second-order valence-corrected chi connectivity index (χ2v) is 6.20. The molecule has 0 spiro atoms. The van der Waals surface area contributed by atoms with Gasteiger partial charge < -0.3 is 10.0 Å². The molecule has 1 aromatic carbocycles. The molecule has 0 radical (unpaired) electrons. The van der Waals surface area contributed by atoms with Crippen LogP contribution >= 0.6 is 0 Å². The Morgan fingerprint density at radius 2 is 1.75 bits per heavy atom. The predicted octanol–water partition coefficient (Wildman–Crippen LogP) is 3.08. The summed E-state index contributed by atoms with van der Waals surface area (Å²) in [5.74, 6) is -0.654. The number of hydrogen-bond acceptors (Lipinski definition) is 2. The summed E-state index contributed by atoms with van der Waals surface area (Å²) in [6.45, 7) is 1.02. The van der Waals surface area contributed by atoms with Gasteiger partial charge in [0.15, 0.2) is 0 Å². The van der Waals surface area contributed by atoms with Crippen LogP contribution in [0.1, 0.15) is 43.2 Å². The number of carboxylic acids is 1. The molecule has 0 aliphatic heterocycles. The van der Waals surface area contributed by atoms with E-state index in [0.717, 1.165) is 50.6 Å². The van der Waals surface area contributed by atoms with Crippen molar-refractivity contribution in [3.8, 4) is 0 Å². The molecule has 1 N–H and O–H groups in total. The van der Waals surface area contributed by atoms with Gasteiger partial charge in [0.2, 0.25) is 0 Å². The van der Waals surface area contributed by atoms with E-state index in [1.54, 1.807) is 0 Å². The predicted molar refractivity (Wildman–Crippen MR) is 81.1 cm³/mol. The van der Waals surface area contributed by atoms with Crippen molar-refractivity contribution in [2.45, 2.75) is 43.9 Å². The van der Waals surface area contributed by atoms with E-state index in [0.29, 0.717) is 0 Å². The molecule has 1 aromatic rings. The monoisotopic (exact) mass is 275 g/mol. The Bertz CT molecular complexity index is 445. The van der Waals surface area contributed by atoms with E-state index in [1.807, 2.05) is 12.1 Å². The molecular formula is C17H25NO2. The molecular weight excluding hydrogens is 250 g/mol. The summed E-state index contributed by atoms with van der Waals surface area (Å²) in [7, 11) is 4.13. The van der Waals surface area contributed by atoms with Crippen LogP contribution in [-0.4, -0.2) is 36.6 Å². The van der Waals surface area contributed by atoms with Crippen molar-refractivity contribution in [2.24, 2.45) is 0 Å². The topological polar surface area (TPSA) is 40.5 Å². The first-order chi connectivity index (χ1) is 9.54. The second-order valence-electron chi connectivity index (χ2n) is 6.20. The van der Waals surface area contributed by atoms with Crippen molar-refractivity contribution in [1.82, 2.24) is 4.90 Å². The number of benzene rings is 1. The fourth-order valence-electron chi connectivity index (χ4n) is 3.12. The normalized spacial score (nSPS) is 18.1. The summed E-state index contributed by atoms with van der Waals surface area (Å²) >= 11 is 0. The van der Waals surface area contributed by atoms with Gasteiger partial charge >= 0.3 is 5.97 Å². The summed E-state index contributed by atoms with van der Waals surface area (Å²) in [5, 5.41) is 9.68. The minimum absolute atomic E-state index is 0.641. The Balaban J connectivity index is 2.16. The molecule has 0 saturated heterocycles. The van der Waals surface area contributed by atoms with Crippen LogP contribution in [0.3, 0.4) is 0 Å². The Morgan fingerprint density at radius 3 is 2.25 bits per heavy atom. The zero-order valence-corrected chi connectivity index (χ0v) is 12.6. The highest BCUT2D eigenvalue weighted by Gasteiger charge is 2.41. The van der Waals surface area contributed by atoms with Gasteiger partial charge in [0.05, 0.1) is 5.41 Å². The number of rotatable bonds is 5. The van der Waals surface area contributed by atoms with Gasteiger partial charge in [0.1, 0.15) is 0 Å². The molecule has 0 aromatic heterocycles. The molecule has 20 heavy (non-hydrogen) atoms. The Hall–Kier alpha value is -1.35. The number of hydrogen-bond donors (Lipinski definition) is 1. The third kappa shape index (κ3) is 3.21. The minimum atomic E-state index is -0.654. The first-order valence-electron chi connectivity index (χ1n) is 7.52. The summed E-state index contributed by atoms with van der Waals surface area (Å²) in [6.07, 6.45) is 5.77. The lowest BCUT2D eigenvalue weighted by molar-refractivity contribution is -0.145. The van der Waals surface area contributed by atoms with Crippen LogP contribution in [0.25, 0.3) is 0 Å². The smallest absolute Gasteiger partial charge is 0.314 e. The lowest BCUT2D eigenvalue weighted by atomic mass is 9.69. The van der Waals surface area contributed by atoms with Gasteiger partial charge in [-0.15, -0.1) is 0 Å². The summed E-state index contributed by atoms with van der Waals surface area (Å²) in [4.78, 5) is 13.9. The van der Waals surface area contributed by atoms with Crippen LogP contribution in [0.5, 0.6) is 0 Å². The van der Waals surface area contributed by atoms with E-state index >= 15 is 0 Å². The van der Waals surface area contributed by atoms with Gasteiger partial charge in [-0.25, -0.2) is 0 Å². The van der Waals surface area contributed by atoms with E-state index in [4.69, 9.17) is 0 Å². The first kappa shape index (κ1) is 15.0. The van der Waals surface area contributed by atoms with Crippen LogP contribution < -0.4 is 0 Å². The van der Waals surface area contributed by atoms with E-state index in [9.17, 15) is 9.90 Å². The molecule has 2 rings (SSSR count). The maximum absolute atomic E-state index is 11.8. The van der Waals surface area contributed by atoms with Crippen molar-refractivity contribution < 1.29 is 9.90 Å². The lowest BCUT2D eigenvalue weighted by Crippen LogP contribution is -2.37. The van der Waals surface area contributed by atoms with Crippen LogP contribution in [0, 0.1) is 0 Å². The fraction of sp³-hybridized carbons (Fsp3) is 0.588. The fourth-order valence-corrected chi connectivity index (χ4v) is 3.12. The zero-order chi connectivity index (χ0) is 14.6. The molecule has 0 bridgehead atoms. The number of nitrogens with zero attached hydrogens (tertiary/aromatic N) is 1. The second kappa shape index (κ2) is 6.40. The number of aliphatic carboxylic acids is 1. The Kier molecular flexibility index (Phi) is 4.81. The van der Waals surface area contributed by atoms with Crippen LogP contribution in [0.2, 0.25) is 0 Å². The number of carboxylic acid groups (broad SMARTS) is 1. The molecule has 1 fully saturated rings. The van der Waals surface area contributed by atoms with Crippen molar-refractivity contribution in [2.75, 3.05) is 20.6 Å². The highest BCUT2D eigenvalue weighted by atomic mass is 16.4. The molecule has 0 unspecified atom stereocenters. The van der Waals surface area contributed by atoms with Crippen LogP contribution in [0.4, 0.5) is 0 Å². The third-order valence-corrected chi connectivity index (χ3v) is 4.47. The van der Waals surface area contributed by atoms with Crippen molar-refractivity contribution in [3.05, 3.63) is 35.4 Å². The highest BCUT2D eigenvalue weighted by Crippen LogP contribution is 2.39. The van der Waals surface area contributed by atoms with Crippen molar-refractivity contribution in [1.29, 1.82) is 0 Å². The van der Waals surface area contributed by atoms with Gasteiger partial charge in [-0.05, 0) is 44.5 Å². The quantitative estimate of drug-likeness (QED) is 0.897. The molecule has 0 atom stereocenters. The SMILES string of the molecule is CN(C)CCc1ccc(C2(C(=O)O)CCCCC2)cc1. The summed E-state index contributed by atoms with van der Waals surface area (Å²) in [5.41, 5.74) is 1.62. The lowest BCUT2D eigenvalue weighted by Gasteiger charge is -2.33. The van der Waals surface area contributed by atoms with E-state index in [2.05, 4.69) is 31.1 Å². The van der Waals surface area contributed by atoms with Crippen LogP contribution in [-0.2, 0) is 16.6 Å². The third-order valence-electron chi connectivity index (χ3n) is 4.47. The largest absolute Gasteiger partial charge is 0.481 e. The van der Waals surface area contributed by atoms with Crippen molar-refractivity contribution >= 4 is 5.97 Å². The Labute approximate surface area is 121 Å². The highest BCUT2D eigenvalue weighted by molar-refractivity contribution is 5.81. The standard InChI is InChI=1S/C17H25NO2/c1-18(2)13-10-14-6-8-15(9-7-14)17(16(19)20)11-4-3-5-12-17/h6-9H,3-5,10-13H2,1-2H3,(H,19,20). The van der Waals surface area contributed by atoms with E-state index in [1.165, 1.54) is 5.56 Å². The molecule has 1 saturated carbocycles. The van der Waals surface area contributed by atoms with Gasteiger partial charge in [0, 0.05) is 6.54 Å². The molecule has 3 heteroatoms. The molecule has 110 valence electrons. The average molecular weight is 275 g/mol. The molecule has 0 amide bonds. The van der Waals surface area contributed by atoms with E-state index < -0.39 is 11.4 Å². The zero-order valence-electron chi connectivity index (χ0n) is 12.6.